The Bertz CT molecular complexity index is 323. The quantitative estimate of drug-likeness (QED) is 0.598. The molecule has 1 rings (SSSR count). The molecule has 1 heterocycles. The SMILES string of the molecule is C=CCSC(=S)N[C@@H]1CCS(=O)(=O)C1. The van der Waals surface area contributed by atoms with Crippen molar-refractivity contribution in [3.63, 3.8) is 0 Å². The predicted molar refractivity (Wildman–Crippen MR) is 65.4 cm³/mol. The molecule has 0 radical (unpaired) electrons. The fourth-order valence-electron chi connectivity index (χ4n) is 1.25. The number of hydrogen-bond donors (Lipinski definition) is 1. The second-order valence-corrected chi connectivity index (χ2v) is 7.06. The van der Waals surface area contributed by atoms with Gasteiger partial charge in [0.25, 0.3) is 0 Å². The number of rotatable bonds is 3. The van der Waals surface area contributed by atoms with E-state index in [1.54, 1.807) is 6.08 Å². The van der Waals surface area contributed by atoms with E-state index in [0.29, 0.717) is 10.7 Å². The van der Waals surface area contributed by atoms with Gasteiger partial charge in [-0.2, -0.15) is 0 Å². The average Bonchev–Trinajstić information content (AvgIpc) is 2.42. The number of nitrogens with one attached hydrogen (secondary N) is 1. The van der Waals surface area contributed by atoms with Gasteiger partial charge in [-0.1, -0.05) is 30.1 Å². The molecular formula is C8H13NO2S3. The van der Waals surface area contributed by atoms with Gasteiger partial charge in [0.05, 0.1) is 11.5 Å². The second-order valence-electron chi connectivity index (χ2n) is 3.13. The fourth-order valence-corrected chi connectivity index (χ4v) is 3.82. The fraction of sp³-hybridized carbons (Fsp3) is 0.625. The van der Waals surface area contributed by atoms with Crippen molar-refractivity contribution in [1.82, 2.24) is 5.32 Å². The third-order valence-electron chi connectivity index (χ3n) is 1.89. The van der Waals surface area contributed by atoms with Crippen LogP contribution in [0.25, 0.3) is 0 Å². The van der Waals surface area contributed by atoms with Crippen LogP contribution in [0.3, 0.4) is 0 Å². The van der Waals surface area contributed by atoms with Crippen LogP contribution in [0.1, 0.15) is 6.42 Å². The maximum absolute atomic E-state index is 11.1. The van der Waals surface area contributed by atoms with Crippen molar-refractivity contribution in [3.8, 4) is 0 Å². The van der Waals surface area contributed by atoms with Crippen LogP contribution in [0.2, 0.25) is 0 Å². The highest BCUT2D eigenvalue weighted by molar-refractivity contribution is 8.23. The highest BCUT2D eigenvalue weighted by Gasteiger charge is 2.27. The monoisotopic (exact) mass is 251 g/mol. The van der Waals surface area contributed by atoms with Gasteiger partial charge in [-0.15, -0.1) is 6.58 Å². The smallest absolute Gasteiger partial charge is 0.152 e. The molecule has 1 fully saturated rings. The highest BCUT2D eigenvalue weighted by Crippen LogP contribution is 2.13. The second kappa shape index (κ2) is 5.14. The molecule has 0 spiro atoms. The molecule has 1 aliphatic rings. The first kappa shape index (κ1) is 12.0. The summed E-state index contributed by atoms with van der Waals surface area (Å²) in [5.41, 5.74) is 0. The Kier molecular flexibility index (Phi) is 4.40. The van der Waals surface area contributed by atoms with Crippen molar-refractivity contribution in [2.75, 3.05) is 17.3 Å². The molecule has 1 atom stereocenters. The van der Waals surface area contributed by atoms with Crippen LogP contribution in [0.15, 0.2) is 12.7 Å². The van der Waals surface area contributed by atoms with Crippen molar-refractivity contribution in [2.45, 2.75) is 12.5 Å². The molecular weight excluding hydrogens is 238 g/mol. The third-order valence-corrected chi connectivity index (χ3v) is 4.91. The molecule has 1 saturated heterocycles. The minimum absolute atomic E-state index is 0.00446. The zero-order chi connectivity index (χ0) is 10.6. The van der Waals surface area contributed by atoms with Gasteiger partial charge in [-0.25, -0.2) is 8.42 Å². The lowest BCUT2D eigenvalue weighted by Crippen LogP contribution is -2.32. The van der Waals surface area contributed by atoms with Gasteiger partial charge in [-0.3, -0.25) is 0 Å². The molecule has 0 bridgehead atoms. The molecule has 0 aromatic rings. The summed E-state index contributed by atoms with van der Waals surface area (Å²) in [6, 6.07) is 0.00446. The van der Waals surface area contributed by atoms with E-state index >= 15 is 0 Å². The number of thiocarbonyl (C=S) groups is 1. The maximum atomic E-state index is 11.1. The van der Waals surface area contributed by atoms with Crippen molar-refractivity contribution >= 4 is 38.1 Å². The van der Waals surface area contributed by atoms with Gasteiger partial charge in [-0.05, 0) is 6.42 Å². The summed E-state index contributed by atoms with van der Waals surface area (Å²) < 4.78 is 22.9. The summed E-state index contributed by atoms with van der Waals surface area (Å²) in [4.78, 5) is 0. The van der Waals surface area contributed by atoms with Crippen molar-refractivity contribution in [3.05, 3.63) is 12.7 Å². The molecule has 0 amide bonds. The van der Waals surface area contributed by atoms with E-state index in [2.05, 4.69) is 11.9 Å². The maximum Gasteiger partial charge on any atom is 0.152 e. The summed E-state index contributed by atoms with van der Waals surface area (Å²) >= 11 is 6.51. The first-order valence-electron chi connectivity index (χ1n) is 4.28. The summed E-state index contributed by atoms with van der Waals surface area (Å²) in [5.74, 6) is 1.24. The van der Waals surface area contributed by atoms with Gasteiger partial charge in [0.15, 0.2) is 9.84 Å². The van der Waals surface area contributed by atoms with Crippen molar-refractivity contribution in [2.24, 2.45) is 0 Å². The van der Waals surface area contributed by atoms with Crippen molar-refractivity contribution < 1.29 is 8.42 Å². The zero-order valence-corrected chi connectivity index (χ0v) is 10.2. The molecule has 0 aliphatic carbocycles. The molecule has 0 unspecified atom stereocenters. The topological polar surface area (TPSA) is 46.2 Å². The van der Waals surface area contributed by atoms with Crippen LogP contribution in [-0.4, -0.2) is 36.0 Å². The lowest BCUT2D eigenvalue weighted by molar-refractivity contribution is 0.600. The van der Waals surface area contributed by atoms with E-state index < -0.39 is 9.84 Å². The van der Waals surface area contributed by atoms with Crippen LogP contribution >= 0.6 is 24.0 Å². The van der Waals surface area contributed by atoms with Crippen LogP contribution < -0.4 is 5.32 Å². The Morgan fingerprint density at radius 1 is 1.71 bits per heavy atom. The Morgan fingerprint density at radius 3 is 2.93 bits per heavy atom. The largest absolute Gasteiger partial charge is 0.367 e. The number of sulfone groups is 1. The molecule has 14 heavy (non-hydrogen) atoms. The lowest BCUT2D eigenvalue weighted by Gasteiger charge is -2.11. The number of hydrogen-bond acceptors (Lipinski definition) is 4. The van der Waals surface area contributed by atoms with Gasteiger partial charge < -0.3 is 5.32 Å². The van der Waals surface area contributed by atoms with E-state index in [9.17, 15) is 8.42 Å². The first-order chi connectivity index (χ1) is 6.53. The van der Waals surface area contributed by atoms with Gasteiger partial charge in [0.2, 0.25) is 0 Å². The third kappa shape index (κ3) is 3.98. The minimum Gasteiger partial charge on any atom is -0.367 e. The molecule has 1 N–H and O–H groups in total. The normalized spacial score (nSPS) is 24.4. The van der Waals surface area contributed by atoms with E-state index in [1.165, 1.54) is 11.8 Å². The van der Waals surface area contributed by atoms with E-state index in [4.69, 9.17) is 12.2 Å². The van der Waals surface area contributed by atoms with E-state index in [0.717, 1.165) is 5.75 Å². The molecule has 0 aromatic heterocycles. The zero-order valence-electron chi connectivity index (χ0n) is 7.73. The van der Waals surface area contributed by atoms with E-state index in [-0.39, 0.29) is 17.5 Å². The van der Waals surface area contributed by atoms with Gasteiger partial charge in [0, 0.05) is 11.8 Å². The molecule has 6 heteroatoms. The Morgan fingerprint density at radius 2 is 2.43 bits per heavy atom. The van der Waals surface area contributed by atoms with Gasteiger partial charge in [0.1, 0.15) is 4.32 Å². The molecule has 3 nitrogen and oxygen atoms in total. The predicted octanol–water partition coefficient (Wildman–Crippen LogP) is 0.967. The summed E-state index contributed by atoms with van der Waals surface area (Å²) in [6.45, 7) is 3.58. The molecule has 1 aliphatic heterocycles. The van der Waals surface area contributed by atoms with Crippen molar-refractivity contribution in [1.29, 1.82) is 0 Å². The highest BCUT2D eigenvalue weighted by atomic mass is 32.2. The van der Waals surface area contributed by atoms with Gasteiger partial charge >= 0.3 is 0 Å². The molecule has 0 saturated carbocycles. The summed E-state index contributed by atoms with van der Waals surface area (Å²) in [6.07, 6.45) is 2.43. The Hall–Kier alpha value is -0.0700. The van der Waals surface area contributed by atoms with E-state index in [1.807, 2.05) is 0 Å². The molecule has 80 valence electrons. The first-order valence-corrected chi connectivity index (χ1v) is 7.49. The Labute approximate surface area is 94.3 Å². The van der Waals surface area contributed by atoms with Crippen LogP contribution in [-0.2, 0) is 9.84 Å². The number of thioether (sulfide) groups is 1. The van der Waals surface area contributed by atoms with Crippen LogP contribution in [0.4, 0.5) is 0 Å². The lowest BCUT2D eigenvalue weighted by atomic mass is 10.3. The Balaban J connectivity index is 2.32. The average molecular weight is 251 g/mol. The van der Waals surface area contributed by atoms with Crippen LogP contribution in [0.5, 0.6) is 0 Å². The summed E-state index contributed by atoms with van der Waals surface area (Å²) in [5, 5.41) is 3.04. The minimum atomic E-state index is -2.81. The summed E-state index contributed by atoms with van der Waals surface area (Å²) in [7, 11) is -2.81. The van der Waals surface area contributed by atoms with Crippen LogP contribution in [0, 0.1) is 0 Å². The molecule has 0 aromatic carbocycles. The standard InChI is InChI=1S/C8H13NO2S3/c1-2-4-13-8(12)9-7-3-5-14(10,11)6-7/h2,7H,1,3-6H2,(H,9,12)/t7-/m1/s1.